The highest BCUT2D eigenvalue weighted by molar-refractivity contribution is 5.78. The number of para-hydroxylation sites is 2. The monoisotopic (exact) mass is 430 g/mol. The van der Waals surface area contributed by atoms with Gasteiger partial charge in [-0.15, -0.1) is 0 Å². The number of amides is 1. The molecule has 32 heavy (non-hydrogen) atoms. The van der Waals surface area contributed by atoms with E-state index < -0.39 is 17.1 Å². The van der Waals surface area contributed by atoms with Crippen LogP contribution in [0, 0.1) is 0 Å². The number of carbonyl (C=O) groups excluding carboxylic acids is 1. The smallest absolute Gasteiger partial charge is 0.335 e. The van der Waals surface area contributed by atoms with Gasteiger partial charge in [0.1, 0.15) is 5.56 Å². The molecule has 0 aliphatic carbocycles. The Morgan fingerprint density at radius 3 is 2.59 bits per heavy atom. The zero-order chi connectivity index (χ0) is 22.7. The average molecular weight is 430 g/mol. The molecule has 0 atom stereocenters. The Kier molecular flexibility index (Phi) is 5.85. The molecule has 1 amide bonds. The molecule has 8 nitrogen and oxygen atoms in total. The summed E-state index contributed by atoms with van der Waals surface area (Å²) in [6.07, 6.45) is 2.36. The van der Waals surface area contributed by atoms with Gasteiger partial charge in [0.05, 0.1) is 16.7 Å². The molecule has 0 bridgehead atoms. The van der Waals surface area contributed by atoms with Crippen LogP contribution in [0.1, 0.15) is 25.3 Å². The Morgan fingerprint density at radius 2 is 1.84 bits per heavy atom. The zero-order valence-corrected chi connectivity index (χ0v) is 17.5. The minimum absolute atomic E-state index is 0.0524. The second-order valence-corrected chi connectivity index (χ2v) is 7.26. The van der Waals surface area contributed by atoms with Gasteiger partial charge in [-0.25, -0.2) is 14.4 Å². The lowest BCUT2D eigenvalue weighted by Gasteiger charge is -2.11. The van der Waals surface area contributed by atoms with Crippen molar-refractivity contribution in [2.75, 3.05) is 6.54 Å². The van der Waals surface area contributed by atoms with E-state index in [0.717, 1.165) is 20.7 Å². The van der Waals surface area contributed by atoms with E-state index in [1.54, 1.807) is 37.3 Å². The first-order valence-electron chi connectivity index (χ1n) is 10.3. The van der Waals surface area contributed by atoms with Crippen molar-refractivity contribution >= 4 is 17.6 Å². The number of nitrogens with zero attached hydrogens (tertiary/aromatic N) is 2. The number of benzene rings is 2. The highest BCUT2D eigenvalue weighted by Crippen LogP contribution is 2.24. The SMILES string of the molecule is CCC(=O)NCCC1=c2ccccc2=N/C1=C\c1c(O)n(-c2ccccc2)c(=O)[nH]c1=O. The van der Waals surface area contributed by atoms with Gasteiger partial charge in [-0.3, -0.25) is 14.6 Å². The third-order valence-corrected chi connectivity index (χ3v) is 5.21. The third kappa shape index (κ3) is 4.02. The number of aromatic hydroxyl groups is 1. The van der Waals surface area contributed by atoms with E-state index >= 15 is 0 Å². The number of H-pyrrole nitrogens is 1. The van der Waals surface area contributed by atoms with Gasteiger partial charge in [0.2, 0.25) is 11.8 Å². The van der Waals surface area contributed by atoms with Crippen LogP contribution in [0.4, 0.5) is 0 Å². The van der Waals surface area contributed by atoms with Crippen LogP contribution in [0.15, 0.2) is 74.9 Å². The molecule has 0 fully saturated rings. The fourth-order valence-electron chi connectivity index (χ4n) is 3.62. The van der Waals surface area contributed by atoms with E-state index in [0.29, 0.717) is 30.8 Å². The molecule has 1 aliphatic heterocycles. The zero-order valence-electron chi connectivity index (χ0n) is 17.5. The summed E-state index contributed by atoms with van der Waals surface area (Å²) >= 11 is 0. The van der Waals surface area contributed by atoms with Crippen LogP contribution in [0.2, 0.25) is 0 Å². The van der Waals surface area contributed by atoms with E-state index in [4.69, 9.17) is 0 Å². The molecule has 2 heterocycles. The first-order chi connectivity index (χ1) is 15.5. The molecule has 1 aliphatic rings. The quantitative estimate of drug-likeness (QED) is 0.540. The Balaban J connectivity index is 1.83. The normalized spacial score (nSPS) is 13.7. The number of nitrogens with one attached hydrogen (secondary N) is 2. The minimum atomic E-state index is -0.737. The second-order valence-electron chi connectivity index (χ2n) is 7.26. The number of aromatic amines is 1. The fourth-order valence-corrected chi connectivity index (χ4v) is 3.62. The van der Waals surface area contributed by atoms with Crippen LogP contribution >= 0.6 is 0 Å². The van der Waals surface area contributed by atoms with Crippen molar-refractivity contribution in [3.63, 3.8) is 0 Å². The molecule has 0 unspecified atom stereocenters. The summed E-state index contributed by atoms with van der Waals surface area (Å²) in [5.74, 6) is -0.523. The maximum Gasteiger partial charge on any atom is 0.335 e. The molecule has 3 N–H and O–H groups in total. The van der Waals surface area contributed by atoms with Gasteiger partial charge in [0, 0.05) is 18.2 Å². The topological polar surface area (TPSA) is 117 Å². The molecule has 8 heteroatoms. The third-order valence-electron chi connectivity index (χ3n) is 5.21. The first kappa shape index (κ1) is 21.0. The molecular weight excluding hydrogens is 408 g/mol. The van der Waals surface area contributed by atoms with Gasteiger partial charge >= 0.3 is 5.69 Å². The first-order valence-corrected chi connectivity index (χ1v) is 10.3. The molecule has 2 aromatic carbocycles. The maximum absolute atomic E-state index is 12.6. The molecule has 4 rings (SSSR count). The molecule has 0 spiro atoms. The van der Waals surface area contributed by atoms with Crippen molar-refractivity contribution in [3.8, 4) is 11.6 Å². The van der Waals surface area contributed by atoms with Crippen molar-refractivity contribution in [1.82, 2.24) is 14.9 Å². The number of hydrogen-bond donors (Lipinski definition) is 3. The van der Waals surface area contributed by atoms with Gasteiger partial charge in [0.25, 0.3) is 5.56 Å². The van der Waals surface area contributed by atoms with Crippen LogP contribution in [0.25, 0.3) is 17.3 Å². The number of aromatic nitrogens is 2. The number of hydrogen-bond acceptors (Lipinski definition) is 5. The van der Waals surface area contributed by atoms with Crippen molar-refractivity contribution in [1.29, 1.82) is 0 Å². The van der Waals surface area contributed by atoms with Crippen molar-refractivity contribution in [2.45, 2.75) is 19.8 Å². The van der Waals surface area contributed by atoms with Crippen molar-refractivity contribution in [3.05, 3.63) is 97.3 Å². The highest BCUT2D eigenvalue weighted by Gasteiger charge is 2.18. The van der Waals surface area contributed by atoms with E-state index in [1.165, 1.54) is 6.08 Å². The molecule has 0 saturated carbocycles. The van der Waals surface area contributed by atoms with Gasteiger partial charge in [-0.1, -0.05) is 43.3 Å². The summed E-state index contributed by atoms with van der Waals surface area (Å²) in [7, 11) is 0. The summed E-state index contributed by atoms with van der Waals surface area (Å²) in [5.41, 5.74) is 0.236. The van der Waals surface area contributed by atoms with Crippen LogP contribution < -0.4 is 27.1 Å². The van der Waals surface area contributed by atoms with E-state index in [9.17, 15) is 19.5 Å². The summed E-state index contributed by atoms with van der Waals surface area (Å²) in [6.45, 7) is 2.19. The van der Waals surface area contributed by atoms with Gasteiger partial charge in [-0.05, 0) is 36.3 Å². The van der Waals surface area contributed by atoms with E-state index in [-0.39, 0.29) is 11.5 Å². The average Bonchev–Trinajstić information content (AvgIpc) is 3.14. The molecule has 0 saturated heterocycles. The lowest BCUT2D eigenvalue weighted by molar-refractivity contribution is -0.120. The predicted octanol–water partition coefficient (Wildman–Crippen LogP) is 0.973. The molecule has 1 aromatic heterocycles. The number of carbonyl (C=O) groups is 1. The van der Waals surface area contributed by atoms with Crippen LogP contribution in [0.5, 0.6) is 5.88 Å². The summed E-state index contributed by atoms with van der Waals surface area (Å²) in [6, 6.07) is 16.1. The van der Waals surface area contributed by atoms with Gasteiger partial charge in [-0.2, -0.15) is 0 Å². The Hall–Kier alpha value is -4.20. The molecule has 0 radical (unpaired) electrons. The minimum Gasteiger partial charge on any atom is -0.494 e. The summed E-state index contributed by atoms with van der Waals surface area (Å²) in [5, 5.41) is 15.3. The number of fused-ring (bicyclic) bond motifs is 1. The summed E-state index contributed by atoms with van der Waals surface area (Å²) in [4.78, 5) is 43.5. The van der Waals surface area contributed by atoms with Gasteiger partial charge < -0.3 is 10.4 Å². The van der Waals surface area contributed by atoms with Crippen molar-refractivity contribution < 1.29 is 9.90 Å². The second kappa shape index (κ2) is 8.89. The molecular formula is C24H22N4O4. The molecule has 162 valence electrons. The highest BCUT2D eigenvalue weighted by atomic mass is 16.3. The lowest BCUT2D eigenvalue weighted by Crippen LogP contribution is -2.30. The van der Waals surface area contributed by atoms with Crippen molar-refractivity contribution in [2.24, 2.45) is 4.99 Å². The van der Waals surface area contributed by atoms with Gasteiger partial charge in [0.15, 0.2) is 0 Å². The largest absolute Gasteiger partial charge is 0.494 e. The lowest BCUT2D eigenvalue weighted by atomic mass is 10.1. The van der Waals surface area contributed by atoms with Crippen LogP contribution in [0.3, 0.4) is 0 Å². The molecule has 3 aromatic rings. The number of allylic oxidation sites excluding steroid dienone is 1. The standard InChI is InChI=1S/C24H22N4O4/c1-2-21(29)25-13-12-17-16-10-6-7-11-19(16)26-20(17)14-18-22(30)27-24(32)28(23(18)31)15-8-4-3-5-9-15/h3-11,14,31H,2,12-13H2,1H3,(H,25,29)(H,27,30,32)/b20-14-. The Bertz CT molecular complexity index is 1450. The summed E-state index contributed by atoms with van der Waals surface area (Å²) < 4.78 is 1.04. The Morgan fingerprint density at radius 1 is 1.12 bits per heavy atom. The van der Waals surface area contributed by atoms with Crippen LogP contribution in [-0.4, -0.2) is 27.1 Å². The maximum atomic E-state index is 12.6. The number of rotatable bonds is 6. The van der Waals surface area contributed by atoms with Crippen LogP contribution in [-0.2, 0) is 4.79 Å². The van der Waals surface area contributed by atoms with E-state index in [2.05, 4.69) is 15.3 Å². The fraction of sp³-hybridized carbons (Fsp3) is 0.167. The Labute approximate surface area is 182 Å². The predicted molar refractivity (Wildman–Crippen MR) is 121 cm³/mol. The van der Waals surface area contributed by atoms with E-state index in [1.807, 2.05) is 24.3 Å².